The number of methoxy groups -OCH3 is 2. The van der Waals surface area contributed by atoms with Gasteiger partial charge in [-0.05, 0) is 40.6 Å². The predicted molar refractivity (Wildman–Crippen MR) is 105 cm³/mol. The van der Waals surface area contributed by atoms with Gasteiger partial charge in [-0.25, -0.2) is 0 Å². The van der Waals surface area contributed by atoms with Crippen LogP contribution in [0.2, 0.25) is 0 Å². The number of carbonyl (C=O) groups excluding carboxylic acids is 1. The minimum absolute atomic E-state index is 0.108. The van der Waals surface area contributed by atoms with Crippen molar-refractivity contribution in [3.05, 3.63) is 53.9 Å². The standard InChI is InChI=1S/C20H23N5O3/c1-4-18-22-23-24-25(18)16-10-6-5-9-15(16)21-19(26)13-12-14-8-7-11-17(27-2)20(14)28-3/h5-11H,4,12-13H2,1-3H3,(H,21,26). The van der Waals surface area contributed by atoms with Crippen molar-refractivity contribution < 1.29 is 14.3 Å². The van der Waals surface area contributed by atoms with E-state index < -0.39 is 0 Å². The summed E-state index contributed by atoms with van der Waals surface area (Å²) in [6.45, 7) is 1.98. The molecule has 28 heavy (non-hydrogen) atoms. The molecule has 0 bridgehead atoms. The van der Waals surface area contributed by atoms with Crippen molar-refractivity contribution in [1.82, 2.24) is 20.2 Å². The number of carbonyl (C=O) groups is 1. The van der Waals surface area contributed by atoms with Crippen molar-refractivity contribution >= 4 is 11.6 Å². The second-order valence-electron chi connectivity index (χ2n) is 6.08. The van der Waals surface area contributed by atoms with Gasteiger partial charge in [0, 0.05) is 12.8 Å². The van der Waals surface area contributed by atoms with E-state index in [0.717, 1.165) is 17.1 Å². The Labute approximate surface area is 163 Å². The number of benzene rings is 2. The van der Waals surface area contributed by atoms with E-state index in [1.807, 2.05) is 49.4 Å². The first-order valence-corrected chi connectivity index (χ1v) is 9.04. The van der Waals surface area contributed by atoms with Crippen molar-refractivity contribution in [3.63, 3.8) is 0 Å². The zero-order chi connectivity index (χ0) is 19.9. The largest absolute Gasteiger partial charge is 0.493 e. The summed E-state index contributed by atoms with van der Waals surface area (Å²) in [5.41, 5.74) is 2.31. The molecule has 8 nitrogen and oxygen atoms in total. The van der Waals surface area contributed by atoms with E-state index in [9.17, 15) is 4.79 Å². The first kappa shape index (κ1) is 19.3. The van der Waals surface area contributed by atoms with Crippen LogP contribution in [-0.4, -0.2) is 40.3 Å². The van der Waals surface area contributed by atoms with E-state index >= 15 is 0 Å². The van der Waals surface area contributed by atoms with Gasteiger partial charge in [0.25, 0.3) is 0 Å². The van der Waals surface area contributed by atoms with Crippen LogP contribution in [0.4, 0.5) is 5.69 Å². The lowest BCUT2D eigenvalue weighted by Gasteiger charge is -2.13. The Morgan fingerprint density at radius 3 is 2.68 bits per heavy atom. The van der Waals surface area contributed by atoms with E-state index in [1.165, 1.54) is 0 Å². The Morgan fingerprint density at radius 2 is 1.93 bits per heavy atom. The Kier molecular flexibility index (Phi) is 6.21. The van der Waals surface area contributed by atoms with E-state index in [-0.39, 0.29) is 5.91 Å². The number of para-hydroxylation sites is 3. The lowest BCUT2D eigenvalue weighted by atomic mass is 10.1. The molecule has 146 valence electrons. The summed E-state index contributed by atoms with van der Waals surface area (Å²) in [7, 11) is 3.18. The van der Waals surface area contributed by atoms with Crippen molar-refractivity contribution in [2.75, 3.05) is 19.5 Å². The first-order chi connectivity index (χ1) is 13.7. The fourth-order valence-electron chi connectivity index (χ4n) is 2.99. The fourth-order valence-corrected chi connectivity index (χ4v) is 2.99. The topological polar surface area (TPSA) is 91.2 Å². The highest BCUT2D eigenvalue weighted by molar-refractivity contribution is 5.93. The highest BCUT2D eigenvalue weighted by Crippen LogP contribution is 2.31. The quantitative estimate of drug-likeness (QED) is 0.645. The molecule has 8 heteroatoms. The summed E-state index contributed by atoms with van der Waals surface area (Å²) >= 11 is 0. The molecule has 2 aromatic carbocycles. The fraction of sp³-hybridized carbons (Fsp3) is 0.300. The summed E-state index contributed by atoms with van der Waals surface area (Å²) in [5, 5.41) is 14.7. The monoisotopic (exact) mass is 381 g/mol. The number of amides is 1. The van der Waals surface area contributed by atoms with Gasteiger partial charge in [-0.2, -0.15) is 4.68 Å². The van der Waals surface area contributed by atoms with Gasteiger partial charge < -0.3 is 14.8 Å². The lowest BCUT2D eigenvalue weighted by Crippen LogP contribution is -2.15. The van der Waals surface area contributed by atoms with Crippen LogP contribution in [0.15, 0.2) is 42.5 Å². The first-order valence-electron chi connectivity index (χ1n) is 9.04. The molecule has 1 aromatic heterocycles. The van der Waals surface area contributed by atoms with E-state index in [2.05, 4.69) is 20.8 Å². The molecule has 1 heterocycles. The molecule has 0 saturated heterocycles. The van der Waals surface area contributed by atoms with Crippen LogP contribution in [0, 0.1) is 0 Å². The third-order valence-corrected chi connectivity index (χ3v) is 4.36. The van der Waals surface area contributed by atoms with Gasteiger partial charge in [0.2, 0.25) is 5.91 Å². The molecule has 0 radical (unpaired) electrons. The van der Waals surface area contributed by atoms with Gasteiger partial charge in [0.1, 0.15) is 0 Å². The van der Waals surface area contributed by atoms with Crippen LogP contribution >= 0.6 is 0 Å². The third-order valence-electron chi connectivity index (χ3n) is 4.36. The van der Waals surface area contributed by atoms with Crippen LogP contribution in [0.1, 0.15) is 24.7 Å². The number of anilines is 1. The van der Waals surface area contributed by atoms with Gasteiger partial charge in [-0.3, -0.25) is 4.79 Å². The molecule has 0 atom stereocenters. The highest BCUT2D eigenvalue weighted by atomic mass is 16.5. The third kappa shape index (κ3) is 4.11. The molecule has 0 aliphatic heterocycles. The molecular weight excluding hydrogens is 358 g/mol. The van der Waals surface area contributed by atoms with Gasteiger partial charge in [-0.1, -0.05) is 31.2 Å². The number of nitrogens with zero attached hydrogens (tertiary/aromatic N) is 4. The number of aromatic nitrogens is 4. The van der Waals surface area contributed by atoms with Crippen molar-refractivity contribution in [3.8, 4) is 17.2 Å². The highest BCUT2D eigenvalue weighted by Gasteiger charge is 2.14. The molecular formula is C20H23N5O3. The Morgan fingerprint density at radius 1 is 1.11 bits per heavy atom. The maximum absolute atomic E-state index is 12.6. The molecule has 0 aliphatic rings. The number of rotatable bonds is 8. The molecule has 0 saturated carbocycles. The van der Waals surface area contributed by atoms with Crippen LogP contribution in [-0.2, 0) is 17.6 Å². The van der Waals surface area contributed by atoms with Crippen molar-refractivity contribution in [2.45, 2.75) is 26.2 Å². The van der Waals surface area contributed by atoms with Crippen LogP contribution < -0.4 is 14.8 Å². The Balaban J connectivity index is 1.73. The summed E-state index contributed by atoms with van der Waals surface area (Å²) in [6, 6.07) is 13.1. The van der Waals surface area contributed by atoms with Gasteiger partial charge in [-0.15, -0.1) is 5.10 Å². The normalized spacial score (nSPS) is 10.5. The van der Waals surface area contributed by atoms with Crippen molar-refractivity contribution in [1.29, 1.82) is 0 Å². The van der Waals surface area contributed by atoms with E-state index in [0.29, 0.717) is 36.4 Å². The summed E-state index contributed by atoms with van der Waals surface area (Å²) in [4.78, 5) is 12.6. The average Bonchev–Trinajstić information content (AvgIpc) is 3.20. The zero-order valence-electron chi connectivity index (χ0n) is 16.2. The number of aryl methyl sites for hydroxylation is 2. The smallest absolute Gasteiger partial charge is 0.224 e. The average molecular weight is 381 g/mol. The Bertz CT molecular complexity index is 955. The SMILES string of the molecule is CCc1nnnn1-c1ccccc1NC(=O)CCc1cccc(OC)c1OC. The second kappa shape index (κ2) is 8.98. The molecule has 0 spiro atoms. The molecule has 1 N–H and O–H groups in total. The van der Waals surface area contributed by atoms with E-state index in [4.69, 9.17) is 9.47 Å². The second-order valence-corrected chi connectivity index (χ2v) is 6.08. The van der Waals surface area contributed by atoms with Gasteiger partial charge in [0.05, 0.1) is 25.6 Å². The van der Waals surface area contributed by atoms with Gasteiger partial charge >= 0.3 is 0 Å². The van der Waals surface area contributed by atoms with Gasteiger partial charge in [0.15, 0.2) is 17.3 Å². The molecule has 0 fully saturated rings. The van der Waals surface area contributed by atoms with Crippen LogP contribution in [0.3, 0.4) is 0 Å². The Hall–Kier alpha value is -3.42. The zero-order valence-corrected chi connectivity index (χ0v) is 16.2. The molecule has 0 unspecified atom stereocenters. The number of hydrogen-bond acceptors (Lipinski definition) is 6. The maximum atomic E-state index is 12.6. The van der Waals surface area contributed by atoms with Crippen LogP contribution in [0.5, 0.6) is 11.5 Å². The summed E-state index contributed by atoms with van der Waals surface area (Å²) < 4.78 is 12.4. The maximum Gasteiger partial charge on any atom is 0.224 e. The minimum atomic E-state index is -0.108. The predicted octanol–water partition coefficient (Wildman–Crippen LogP) is 2.81. The lowest BCUT2D eigenvalue weighted by molar-refractivity contribution is -0.116. The number of nitrogens with one attached hydrogen (secondary N) is 1. The summed E-state index contributed by atoms with van der Waals surface area (Å²) in [5.74, 6) is 1.92. The number of tetrazole rings is 1. The molecule has 3 rings (SSSR count). The van der Waals surface area contributed by atoms with Crippen molar-refractivity contribution in [2.24, 2.45) is 0 Å². The summed E-state index contributed by atoms with van der Waals surface area (Å²) in [6.07, 6.45) is 1.51. The van der Waals surface area contributed by atoms with E-state index in [1.54, 1.807) is 18.9 Å². The molecule has 1 amide bonds. The minimum Gasteiger partial charge on any atom is -0.493 e. The molecule has 3 aromatic rings. The molecule has 0 aliphatic carbocycles. The number of hydrogen-bond donors (Lipinski definition) is 1. The number of ether oxygens (including phenoxy) is 2. The van der Waals surface area contributed by atoms with Crippen LogP contribution in [0.25, 0.3) is 5.69 Å².